The summed E-state index contributed by atoms with van der Waals surface area (Å²) >= 11 is 0. The number of benzene rings is 2. The fourth-order valence-corrected chi connectivity index (χ4v) is 5.25. The zero-order valence-electron chi connectivity index (χ0n) is 18.1. The lowest BCUT2D eigenvalue weighted by molar-refractivity contribution is 0.270. The Morgan fingerprint density at radius 3 is 2.22 bits per heavy atom. The number of sulfone groups is 1. The summed E-state index contributed by atoms with van der Waals surface area (Å²) in [6.45, 7) is 6.13. The van der Waals surface area contributed by atoms with E-state index in [1.54, 1.807) is 18.2 Å². The van der Waals surface area contributed by atoms with Crippen molar-refractivity contribution in [2.75, 3.05) is 44.7 Å². The maximum absolute atomic E-state index is 13.5. The normalized spacial score (nSPS) is 16.0. The van der Waals surface area contributed by atoms with Crippen molar-refractivity contribution in [2.45, 2.75) is 17.1 Å². The van der Waals surface area contributed by atoms with E-state index in [0.717, 1.165) is 19.6 Å². The van der Waals surface area contributed by atoms with Crippen molar-refractivity contribution in [1.82, 2.24) is 14.9 Å². The highest BCUT2D eigenvalue weighted by molar-refractivity contribution is 7.92. The lowest BCUT2D eigenvalue weighted by atomic mass is 10.2. The maximum Gasteiger partial charge on any atom is 0.200 e. The van der Waals surface area contributed by atoms with Crippen LogP contribution in [0.1, 0.15) is 17.9 Å². The van der Waals surface area contributed by atoms with E-state index in [2.05, 4.69) is 16.8 Å². The van der Waals surface area contributed by atoms with Crippen LogP contribution < -0.4 is 9.64 Å². The molecule has 2 heterocycles. The van der Waals surface area contributed by atoms with Gasteiger partial charge in [-0.2, -0.15) is 5.26 Å². The third kappa shape index (κ3) is 4.11. The van der Waals surface area contributed by atoms with Gasteiger partial charge in [0.05, 0.1) is 29.1 Å². The van der Waals surface area contributed by atoms with Crippen molar-refractivity contribution in [2.24, 2.45) is 0 Å². The minimum atomic E-state index is -4.03. The van der Waals surface area contributed by atoms with Crippen molar-refractivity contribution in [1.29, 1.82) is 5.26 Å². The molecule has 9 heteroatoms. The van der Waals surface area contributed by atoms with Gasteiger partial charge >= 0.3 is 0 Å². The Morgan fingerprint density at radius 2 is 1.66 bits per heavy atom. The summed E-state index contributed by atoms with van der Waals surface area (Å²) < 4.78 is 32.1. The molecular weight excluding hydrogens is 426 g/mol. The van der Waals surface area contributed by atoms with Gasteiger partial charge in [0.25, 0.3) is 0 Å². The Kier molecular flexibility index (Phi) is 6.26. The molecule has 1 aliphatic heterocycles. The number of methoxy groups -OCH3 is 1. The fraction of sp³-hybridized carbons (Fsp3) is 0.348. The van der Waals surface area contributed by atoms with Gasteiger partial charge in [0.1, 0.15) is 11.4 Å². The van der Waals surface area contributed by atoms with Crippen molar-refractivity contribution in [3.63, 3.8) is 0 Å². The van der Waals surface area contributed by atoms with Crippen LogP contribution in [0, 0.1) is 11.3 Å². The van der Waals surface area contributed by atoms with Gasteiger partial charge in [0.2, 0.25) is 9.84 Å². The van der Waals surface area contributed by atoms with Crippen LogP contribution in [0.3, 0.4) is 0 Å². The largest absolute Gasteiger partial charge is 0.497 e. The lowest BCUT2D eigenvalue weighted by Gasteiger charge is -2.35. The number of likely N-dealkylation sites (N-methyl/N-ethyl adjacent to an activating group) is 1. The number of hydrogen-bond acceptors (Lipinski definition) is 8. The number of nitriles is 1. The van der Waals surface area contributed by atoms with Crippen molar-refractivity contribution < 1.29 is 13.2 Å². The van der Waals surface area contributed by atoms with Crippen LogP contribution in [0.5, 0.6) is 5.75 Å². The molecule has 4 rings (SSSR count). The summed E-state index contributed by atoms with van der Waals surface area (Å²) in [4.78, 5) is 13.8. The summed E-state index contributed by atoms with van der Waals surface area (Å²) in [5.74, 6) is 1.00. The Morgan fingerprint density at radius 1 is 1.03 bits per heavy atom. The second-order valence-corrected chi connectivity index (χ2v) is 9.60. The first-order chi connectivity index (χ1) is 15.5. The van der Waals surface area contributed by atoms with E-state index >= 15 is 0 Å². The summed E-state index contributed by atoms with van der Waals surface area (Å²) in [6.07, 6.45) is 0. The highest BCUT2D eigenvalue weighted by Crippen LogP contribution is 2.34. The summed E-state index contributed by atoms with van der Waals surface area (Å²) in [5.41, 5.74) is 1.40. The van der Waals surface area contributed by atoms with E-state index in [9.17, 15) is 13.7 Å². The minimum Gasteiger partial charge on any atom is -0.497 e. The number of para-hydroxylation sites is 2. The molecule has 0 amide bonds. The first kappa shape index (κ1) is 22.0. The molecule has 0 bridgehead atoms. The van der Waals surface area contributed by atoms with Crippen LogP contribution in [0.2, 0.25) is 0 Å². The molecular formula is C23H25N5O3S. The van der Waals surface area contributed by atoms with E-state index in [4.69, 9.17) is 9.72 Å². The Labute approximate surface area is 188 Å². The quantitative estimate of drug-likeness (QED) is 0.564. The predicted octanol–water partition coefficient (Wildman–Crippen LogP) is 2.82. The van der Waals surface area contributed by atoms with Gasteiger partial charge in [-0.05, 0) is 42.9 Å². The predicted molar refractivity (Wildman–Crippen MR) is 122 cm³/mol. The van der Waals surface area contributed by atoms with Crippen molar-refractivity contribution in [3.05, 3.63) is 54.2 Å². The van der Waals surface area contributed by atoms with Crippen LogP contribution >= 0.6 is 0 Å². The maximum atomic E-state index is 13.5. The number of fused-ring (bicyclic) bond motifs is 1. The SMILES string of the molecule is CCN1CCN(c2nc3ccccc3nc2C(C#N)S(=O)(=O)c2ccc(OC)cc2)CC1. The Hall–Kier alpha value is -3.22. The second-order valence-electron chi connectivity index (χ2n) is 7.57. The van der Waals surface area contributed by atoms with Gasteiger partial charge in [-0.3, -0.25) is 0 Å². The number of ether oxygens (including phenoxy) is 1. The molecule has 1 unspecified atom stereocenters. The Balaban J connectivity index is 1.82. The molecule has 1 aliphatic rings. The Bertz CT molecular complexity index is 1250. The van der Waals surface area contributed by atoms with E-state index in [1.165, 1.54) is 19.2 Å². The zero-order chi connectivity index (χ0) is 22.7. The average molecular weight is 452 g/mol. The summed E-state index contributed by atoms with van der Waals surface area (Å²) in [7, 11) is -2.52. The van der Waals surface area contributed by atoms with Gasteiger partial charge in [0, 0.05) is 26.2 Å². The zero-order valence-corrected chi connectivity index (χ0v) is 18.9. The van der Waals surface area contributed by atoms with Crippen LogP contribution in [-0.4, -0.2) is 63.1 Å². The molecule has 0 radical (unpaired) electrons. The number of hydrogen-bond donors (Lipinski definition) is 0. The number of piperazine rings is 1. The first-order valence-electron chi connectivity index (χ1n) is 10.5. The number of nitrogens with zero attached hydrogens (tertiary/aromatic N) is 5. The van der Waals surface area contributed by atoms with Crippen molar-refractivity contribution >= 4 is 26.7 Å². The highest BCUT2D eigenvalue weighted by atomic mass is 32.2. The minimum absolute atomic E-state index is 0.0431. The second kappa shape index (κ2) is 9.10. The van der Waals surface area contributed by atoms with Gasteiger partial charge in [-0.1, -0.05) is 19.1 Å². The molecule has 0 spiro atoms. The third-order valence-electron chi connectivity index (χ3n) is 5.76. The molecule has 1 aromatic heterocycles. The molecule has 0 saturated carbocycles. The highest BCUT2D eigenvalue weighted by Gasteiger charge is 2.35. The molecule has 1 atom stereocenters. The molecule has 0 aliphatic carbocycles. The average Bonchev–Trinajstić information content (AvgIpc) is 2.84. The van der Waals surface area contributed by atoms with Gasteiger partial charge in [-0.15, -0.1) is 0 Å². The third-order valence-corrected chi connectivity index (χ3v) is 7.64. The van der Waals surface area contributed by atoms with Gasteiger partial charge < -0.3 is 14.5 Å². The molecule has 1 saturated heterocycles. The monoisotopic (exact) mass is 451 g/mol. The molecule has 3 aromatic rings. The van der Waals surface area contributed by atoms with Crippen LogP contribution in [0.25, 0.3) is 11.0 Å². The first-order valence-corrected chi connectivity index (χ1v) is 12.0. The van der Waals surface area contributed by atoms with Crippen LogP contribution in [-0.2, 0) is 9.84 Å². The number of aromatic nitrogens is 2. The van der Waals surface area contributed by atoms with Crippen LogP contribution in [0.15, 0.2) is 53.4 Å². The van der Waals surface area contributed by atoms with E-state index in [-0.39, 0.29) is 10.6 Å². The lowest BCUT2D eigenvalue weighted by Crippen LogP contribution is -2.47. The molecule has 8 nitrogen and oxygen atoms in total. The smallest absolute Gasteiger partial charge is 0.200 e. The molecule has 32 heavy (non-hydrogen) atoms. The standard InChI is InChI=1S/C23H25N5O3S/c1-3-27-12-14-28(15-13-27)23-22(25-19-6-4-5-7-20(19)26-23)21(16-24)32(29,30)18-10-8-17(31-2)9-11-18/h4-11,21H,3,12-15H2,1-2H3. The van der Waals surface area contributed by atoms with E-state index < -0.39 is 15.1 Å². The fourth-order valence-electron chi connectivity index (χ4n) is 3.87. The molecule has 2 aromatic carbocycles. The molecule has 0 N–H and O–H groups in total. The number of rotatable bonds is 6. The summed E-state index contributed by atoms with van der Waals surface area (Å²) in [5, 5.41) is 8.52. The van der Waals surface area contributed by atoms with E-state index in [0.29, 0.717) is 35.7 Å². The van der Waals surface area contributed by atoms with Crippen molar-refractivity contribution in [3.8, 4) is 11.8 Å². The molecule has 166 valence electrons. The number of anilines is 1. The molecule has 1 fully saturated rings. The van der Waals surface area contributed by atoms with Crippen LogP contribution in [0.4, 0.5) is 5.82 Å². The van der Waals surface area contributed by atoms with E-state index in [1.807, 2.05) is 29.2 Å². The topological polar surface area (TPSA) is 99.4 Å². The summed E-state index contributed by atoms with van der Waals surface area (Å²) in [6, 6.07) is 15.3. The van der Waals surface area contributed by atoms with Gasteiger partial charge in [0.15, 0.2) is 11.1 Å². The van der Waals surface area contributed by atoms with Gasteiger partial charge in [-0.25, -0.2) is 18.4 Å².